The SMILES string of the molecule is CC(=O)O[C@@H](C(=O)NC1CCCCC1)c1cccc(C(F)(F)F)c1. The Labute approximate surface area is 138 Å². The lowest BCUT2D eigenvalue weighted by Gasteiger charge is -2.25. The summed E-state index contributed by atoms with van der Waals surface area (Å²) in [6.45, 7) is 1.12. The Balaban J connectivity index is 2.21. The van der Waals surface area contributed by atoms with Crippen LogP contribution in [0.25, 0.3) is 0 Å². The van der Waals surface area contributed by atoms with Crippen LogP contribution >= 0.6 is 0 Å². The highest BCUT2D eigenvalue weighted by Gasteiger charge is 2.33. The highest BCUT2D eigenvalue weighted by atomic mass is 19.4. The van der Waals surface area contributed by atoms with Crippen molar-refractivity contribution in [2.75, 3.05) is 0 Å². The Kier molecular flexibility index (Phi) is 5.85. The second kappa shape index (κ2) is 7.68. The lowest BCUT2D eigenvalue weighted by molar-refractivity contribution is -0.154. The Morgan fingerprint density at radius 3 is 2.46 bits per heavy atom. The second-order valence-corrected chi connectivity index (χ2v) is 5.96. The van der Waals surface area contributed by atoms with E-state index in [0.717, 1.165) is 51.2 Å². The average molecular weight is 343 g/mol. The lowest BCUT2D eigenvalue weighted by atomic mass is 9.95. The first-order valence-electron chi connectivity index (χ1n) is 7.92. The monoisotopic (exact) mass is 343 g/mol. The van der Waals surface area contributed by atoms with Crippen LogP contribution in [0.4, 0.5) is 13.2 Å². The van der Waals surface area contributed by atoms with Crippen molar-refractivity contribution in [2.24, 2.45) is 0 Å². The molecule has 2 rings (SSSR count). The molecule has 132 valence electrons. The number of amides is 1. The first-order chi connectivity index (χ1) is 11.3. The molecule has 24 heavy (non-hydrogen) atoms. The van der Waals surface area contributed by atoms with Crippen LogP contribution in [0.1, 0.15) is 56.3 Å². The van der Waals surface area contributed by atoms with Crippen molar-refractivity contribution in [3.05, 3.63) is 35.4 Å². The molecule has 0 unspecified atom stereocenters. The summed E-state index contributed by atoms with van der Waals surface area (Å²) in [7, 11) is 0. The molecule has 0 heterocycles. The van der Waals surface area contributed by atoms with Crippen LogP contribution in [0.3, 0.4) is 0 Å². The van der Waals surface area contributed by atoms with Gasteiger partial charge in [0, 0.05) is 18.5 Å². The normalized spacial score (nSPS) is 17.2. The first-order valence-corrected chi connectivity index (χ1v) is 7.92. The Hall–Kier alpha value is -2.05. The number of rotatable bonds is 4. The number of nitrogens with one attached hydrogen (secondary N) is 1. The Morgan fingerprint density at radius 1 is 1.21 bits per heavy atom. The number of carbonyl (C=O) groups is 2. The van der Waals surface area contributed by atoms with Crippen molar-refractivity contribution >= 4 is 11.9 Å². The quantitative estimate of drug-likeness (QED) is 0.847. The summed E-state index contributed by atoms with van der Waals surface area (Å²) >= 11 is 0. The van der Waals surface area contributed by atoms with E-state index in [1.54, 1.807) is 0 Å². The number of hydrogen-bond donors (Lipinski definition) is 1. The average Bonchev–Trinajstić information content (AvgIpc) is 2.52. The molecule has 0 saturated heterocycles. The Morgan fingerprint density at radius 2 is 1.88 bits per heavy atom. The summed E-state index contributed by atoms with van der Waals surface area (Å²) in [5.41, 5.74) is -0.879. The van der Waals surface area contributed by atoms with E-state index in [9.17, 15) is 22.8 Å². The van der Waals surface area contributed by atoms with Gasteiger partial charge in [0.25, 0.3) is 5.91 Å². The van der Waals surface area contributed by atoms with Crippen LogP contribution in [0.2, 0.25) is 0 Å². The molecule has 1 aromatic carbocycles. The molecule has 1 aliphatic carbocycles. The summed E-state index contributed by atoms with van der Waals surface area (Å²) in [5, 5.41) is 2.78. The molecule has 0 aliphatic heterocycles. The van der Waals surface area contributed by atoms with Crippen LogP contribution in [0, 0.1) is 0 Å². The number of halogens is 3. The van der Waals surface area contributed by atoms with Gasteiger partial charge in [0.1, 0.15) is 0 Å². The van der Waals surface area contributed by atoms with E-state index in [0.29, 0.717) is 0 Å². The maximum atomic E-state index is 12.9. The van der Waals surface area contributed by atoms with Crippen LogP contribution in [0.5, 0.6) is 0 Å². The maximum Gasteiger partial charge on any atom is 0.416 e. The fraction of sp³-hybridized carbons (Fsp3) is 0.529. The van der Waals surface area contributed by atoms with Gasteiger partial charge in [0.15, 0.2) is 0 Å². The fourth-order valence-electron chi connectivity index (χ4n) is 2.84. The highest BCUT2D eigenvalue weighted by molar-refractivity contribution is 5.85. The molecule has 1 fully saturated rings. The molecule has 0 radical (unpaired) electrons. The molecular formula is C17H20F3NO3. The van der Waals surface area contributed by atoms with Crippen molar-refractivity contribution in [2.45, 2.75) is 57.3 Å². The molecule has 4 nitrogen and oxygen atoms in total. The van der Waals surface area contributed by atoms with Gasteiger partial charge in [-0.05, 0) is 25.0 Å². The smallest absolute Gasteiger partial charge is 0.416 e. The summed E-state index contributed by atoms with van der Waals surface area (Å²) in [6, 6.07) is 4.27. The molecule has 1 amide bonds. The van der Waals surface area contributed by atoms with Gasteiger partial charge in [-0.25, -0.2) is 0 Å². The van der Waals surface area contributed by atoms with Crippen molar-refractivity contribution in [3.8, 4) is 0 Å². The molecule has 0 aromatic heterocycles. The van der Waals surface area contributed by atoms with Crippen molar-refractivity contribution in [3.63, 3.8) is 0 Å². The van der Waals surface area contributed by atoms with Gasteiger partial charge in [0.05, 0.1) is 5.56 Å². The number of carbonyl (C=O) groups excluding carboxylic acids is 2. The molecule has 1 aromatic rings. The molecule has 1 saturated carbocycles. The lowest BCUT2D eigenvalue weighted by Crippen LogP contribution is -2.40. The number of hydrogen-bond acceptors (Lipinski definition) is 3. The van der Waals surface area contributed by atoms with Crippen molar-refractivity contribution < 1.29 is 27.5 Å². The fourth-order valence-corrected chi connectivity index (χ4v) is 2.84. The minimum Gasteiger partial charge on any atom is -0.447 e. The molecule has 0 spiro atoms. The minimum absolute atomic E-state index is 0.00772. The van der Waals surface area contributed by atoms with Crippen LogP contribution in [-0.4, -0.2) is 17.9 Å². The van der Waals surface area contributed by atoms with Crippen LogP contribution < -0.4 is 5.32 Å². The van der Waals surface area contributed by atoms with E-state index in [2.05, 4.69) is 5.32 Å². The number of alkyl halides is 3. The summed E-state index contributed by atoms with van der Waals surface area (Å²) in [5.74, 6) is -1.31. The molecule has 1 atom stereocenters. The third-order valence-electron chi connectivity index (χ3n) is 3.99. The predicted molar refractivity (Wildman–Crippen MR) is 81.0 cm³/mol. The predicted octanol–water partition coefficient (Wildman–Crippen LogP) is 3.76. The molecular weight excluding hydrogens is 323 g/mol. The van der Waals surface area contributed by atoms with Gasteiger partial charge >= 0.3 is 12.1 Å². The largest absolute Gasteiger partial charge is 0.447 e. The van der Waals surface area contributed by atoms with E-state index in [4.69, 9.17) is 4.74 Å². The van der Waals surface area contributed by atoms with E-state index < -0.39 is 29.7 Å². The second-order valence-electron chi connectivity index (χ2n) is 5.96. The molecule has 1 N–H and O–H groups in total. The third-order valence-corrected chi connectivity index (χ3v) is 3.99. The number of ether oxygens (including phenoxy) is 1. The van der Waals surface area contributed by atoms with Gasteiger partial charge in [0.2, 0.25) is 6.10 Å². The number of esters is 1. The first kappa shape index (κ1) is 18.3. The van der Waals surface area contributed by atoms with E-state index in [-0.39, 0.29) is 11.6 Å². The topological polar surface area (TPSA) is 55.4 Å². The summed E-state index contributed by atoms with van der Waals surface area (Å²) < 4.78 is 43.6. The van der Waals surface area contributed by atoms with Gasteiger partial charge in [-0.2, -0.15) is 13.2 Å². The summed E-state index contributed by atoms with van der Waals surface area (Å²) in [6.07, 6.45) is -1.18. The Bertz CT molecular complexity index is 595. The van der Waals surface area contributed by atoms with Gasteiger partial charge < -0.3 is 10.1 Å². The zero-order valence-electron chi connectivity index (χ0n) is 13.4. The minimum atomic E-state index is -4.53. The van der Waals surface area contributed by atoms with Crippen LogP contribution in [0.15, 0.2) is 24.3 Å². The molecule has 7 heteroatoms. The number of benzene rings is 1. The highest BCUT2D eigenvalue weighted by Crippen LogP contribution is 2.31. The third kappa shape index (κ3) is 4.97. The zero-order chi connectivity index (χ0) is 17.7. The molecule has 0 bridgehead atoms. The van der Waals surface area contributed by atoms with E-state index >= 15 is 0 Å². The van der Waals surface area contributed by atoms with Gasteiger partial charge in [-0.1, -0.05) is 31.4 Å². The summed E-state index contributed by atoms with van der Waals surface area (Å²) in [4.78, 5) is 23.7. The van der Waals surface area contributed by atoms with Gasteiger partial charge in [-0.15, -0.1) is 0 Å². The van der Waals surface area contributed by atoms with E-state index in [1.807, 2.05) is 0 Å². The van der Waals surface area contributed by atoms with E-state index in [1.165, 1.54) is 12.1 Å². The van der Waals surface area contributed by atoms with Crippen molar-refractivity contribution in [1.82, 2.24) is 5.32 Å². The standard InChI is InChI=1S/C17H20F3NO3/c1-11(22)24-15(16(23)21-14-8-3-2-4-9-14)12-6-5-7-13(10-12)17(18,19)20/h5-7,10,14-15H,2-4,8-9H2,1H3,(H,21,23)/t15-/m1/s1. The van der Waals surface area contributed by atoms with Crippen molar-refractivity contribution in [1.29, 1.82) is 0 Å². The van der Waals surface area contributed by atoms with Crippen LogP contribution in [-0.2, 0) is 20.5 Å². The molecule has 1 aliphatic rings. The van der Waals surface area contributed by atoms with Gasteiger partial charge in [-0.3, -0.25) is 9.59 Å². The zero-order valence-corrected chi connectivity index (χ0v) is 13.4. The maximum absolute atomic E-state index is 12.9.